The first kappa shape index (κ1) is 12.8. The van der Waals surface area contributed by atoms with Crippen LogP contribution in [0, 0.1) is 11.3 Å². The number of carbonyl (C=O) groups excluding carboxylic acids is 1. The minimum Gasteiger partial charge on any atom is -0.325 e. The van der Waals surface area contributed by atoms with Gasteiger partial charge in [-0.2, -0.15) is 5.26 Å². The van der Waals surface area contributed by atoms with Gasteiger partial charge in [0.05, 0.1) is 11.3 Å². The van der Waals surface area contributed by atoms with Crippen molar-refractivity contribution in [2.24, 2.45) is 0 Å². The number of hydrogen-bond acceptors (Lipinski definition) is 2. The standard InChI is InChI=1S/C16H14N2O/c17-12-14-8-4-5-9-15(14)18-16(19)11-10-13-6-2-1-3-7-13/h1-9H,10-11H2,(H,18,19). The van der Waals surface area contributed by atoms with Crippen molar-refractivity contribution in [2.45, 2.75) is 12.8 Å². The molecule has 2 aromatic carbocycles. The number of para-hydroxylation sites is 1. The number of anilines is 1. The number of rotatable bonds is 4. The molecule has 0 radical (unpaired) electrons. The molecule has 94 valence electrons. The highest BCUT2D eigenvalue weighted by Gasteiger charge is 2.06. The van der Waals surface area contributed by atoms with Gasteiger partial charge in [0.2, 0.25) is 5.91 Å². The summed E-state index contributed by atoms with van der Waals surface area (Å²) in [4.78, 5) is 11.8. The highest BCUT2D eigenvalue weighted by molar-refractivity contribution is 5.92. The Balaban J connectivity index is 1.93. The third-order valence-corrected chi connectivity index (χ3v) is 2.81. The SMILES string of the molecule is N#Cc1ccccc1NC(=O)CCc1ccccc1. The molecule has 19 heavy (non-hydrogen) atoms. The number of benzene rings is 2. The van der Waals surface area contributed by atoms with Crippen LogP contribution in [0.4, 0.5) is 5.69 Å². The van der Waals surface area contributed by atoms with Gasteiger partial charge >= 0.3 is 0 Å². The second-order valence-electron chi connectivity index (χ2n) is 4.19. The lowest BCUT2D eigenvalue weighted by molar-refractivity contribution is -0.116. The molecule has 2 aromatic rings. The molecular weight excluding hydrogens is 236 g/mol. The van der Waals surface area contributed by atoms with Crippen molar-refractivity contribution < 1.29 is 4.79 Å². The molecule has 0 aliphatic carbocycles. The summed E-state index contributed by atoms with van der Waals surface area (Å²) in [5.41, 5.74) is 2.19. The molecule has 0 aromatic heterocycles. The fraction of sp³-hybridized carbons (Fsp3) is 0.125. The van der Waals surface area contributed by atoms with Crippen molar-refractivity contribution in [1.29, 1.82) is 5.26 Å². The number of carbonyl (C=O) groups is 1. The first-order valence-electron chi connectivity index (χ1n) is 6.12. The number of amides is 1. The van der Waals surface area contributed by atoms with Crippen LogP contribution in [0.5, 0.6) is 0 Å². The largest absolute Gasteiger partial charge is 0.325 e. The molecule has 0 unspecified atom stereocenters. The average Bonchev–Trinajstić information content (AvgIpc) is 2.47. The molecule has 0 heterocycles. The minimum atomic E-state index is -0.0773. The Morgan fingerprint density at radius 1 is 1.05 bits per heavy atom. The van der Waals surface area contributed by atoms with Gasteiger partial charge in [0, 0.05) is 6.42 Å². The molecule has 0 saturated carbocycles. The molecule has 1 N–H and O–H groups in total. The van der Waals surface area contributed by atoms with Gasteiger partial charge in [0.1, 0.15) is 6.07 Å². The van der Waals surface area contributed by atoms with E-state index in [1.165, 1.54) is 0 Å². The van der Waals surface area contributed by atoms with E-state index in [0.717, 1.165) is 5.56 Å². The normalized spacial score (nSPS) is 9.63. The topological polar surface area (TPSA) is 52.9 Å². The van der Waals surface area contributed by atoms with Crippen molar-refractivity contribution in [1.82, 2.24) is 0 Å². The van der Waals surface area contributed by atoms with Gasteiger partial charge in [-0.3, -0.25) is 4.79 Å². The molecule has 2 rings (SSSR count). The predicted molar refractivity (Wildman–Crippen MR) is 74.5 cm³/mol. The number of nitrogens with zero attached hydrogens (tertiary/aromatic N) is 1. The van der Waals surface area contributed by atoms with Crippen LogP contribution in [0.15, 0.2) is 54.6 Å². The average molecular weight is 250 g/mol. The summed E-state index contributed by atoms with van der Waals surface area (Å²) in [5.74, 6) is -0.0773. The van der Waals surface area contributed by atoms with E-state index in [9.17, 15) is 4.79 Å². The van der Waals surface area contributed by atoms with Crippen molar-refractivity contribution in [3.63, 3.8) is 0 Å². The van der Waals surface area contributed by atoms with E-state index in [1.807, 2.05) is 30.3 Å². The Morgan fingerprint density at radius 2 is 1.74 bits per heavy atom. The third-order valence-electron chi connectivity index (χ3n) is 2.81. The van der Waals surface area contributed by atoms with E-state index < -0.39 is 0 Å². The van der Waals surface area contributed by atoms with Gasteiger partial charge in [0.25, 0.3) is 0 Å². The molecule has 0 spiro atoms. The van der Waals surface area contributed by atoms with Crippen LogP contribution in [0.1, 0.15) is 17.5 Å². The second-order valence-corrected chi connectivity index (χ2v) is 4.19. The summed E-state index contributed by atoms with van der Waals surface area (Å²) in [6.07, 6.45) is 1.10. The molecule has 0 fully saturated rings. The lowest BCUT2D eigenvalue weighted by atomic mass is 10.1. The molecular formula is C16H14N2O. The summed E-state index contributed by atoms with van der Waals surface area (Å²) in [5, 5.41) is 11.7. The summed E-state index contributed by atoms with van der Waals surface area (Å²) >= 11 is 0. The zero-order valence-corrected chi connectivity index (χ0v) is 10.5. The molecule has 3 heteroatoms. The third kappa shape index (κ3) is 3.68. The maximum atomic E-state index is 11.8. The van der Waals surface area contributed by atoms with Gasteiger partial charge in [-0.05, 0) is 24.1 Å². The van der Waals surface area contributed by atoms with Gasteiger partial charge in [0.15, 0.2) is 0 Å². The summed E-state index contributed by atoms with van der Waals surface area (Å²) in [6, 6.07) is 18.9. The van der Waals surface area contributed by atoms with E-state index in [0.29, 0.717) is 24.1 Å². The minimum absolute atomic E-state index is 0.0773. The zero-order chi connectivity index (χ0) is 13.5. The number of nitrogens with one attached hydrogen (secondary N) is 1. The highest BCUT2D eigenvalue weighted by Crippen LogP contribution is 2.14. The molecule has 0 aliphatic heterocycles. The van der Waals surface area contributed by atoms with Crippen molar-refractivity contribution in [2.75, 3.05) is 5.32 Å². The van der Waals surface area contributed by atoms with E-state index in [2.05, 4.69) is 11.4 Å². The smallest absolute Gasteiger partial charge is 0.224 e. The van der Waals surface area contributed by atoms with E-state index in [4.69, 9.17) is 5.26 Å². The van der Waals surface area contributed by atoms with E-state index >= 15 is 0 Å². The van der Waals surface area contributed by atoms with Crippen molar-refractivity contribution >= 4 is 11.6 Å². The van der Waals surface area contributed by atoms with Crippen LogP contribution >= 0.6 is 0 Å². The van der Waals surface area contributed by atoms with Crippen LogP contribution in [-0.2, 0) is 11.2 Å². The van der Waals surface area contributed by atoms with Crippen LogP contribution < -0.4 is 5.32 Å². The maximum Gasteiger partial charge on any atom is 0.224 e. The van der Waals surface area contributed by atoms with Crippen LogP contribution in [0.2, 0.25) is 0 Å². The number of aryl methyl sites for hydroxylation is 1. The highest BCUT2D eigenvalue weighted by atomic mass is 16.1. The number of nitriles is 1. The van der Waals surface area contributed by atoms with Crippen molar-refractivity contribution in [3.8, 4) is 6.07 Å². The molecule has 0 atom stereocenters. The predicted octanol–water partition coefficient (Wildman–Crippen LogP) is 3.13. The van der Waals surface area contributed by atoms with Gasteiger partial charge in [-0.1, -0.05) is 42.5 Å². The lowest BCUT2D eigenvalue weighted by Crippen LogP contribution is -2.13. The van der Waals surface area contributed by atoms with E-state index in [-0.39, 0.29) is 5.91 Å². The monoisotopic (exact) mass is 250 g/mol. The first-order chi connectivity index (χ1) is 9.29. The Bertz CT molecular complexity index is 600. The molecule has 0 saturated heterocycles. The van der Waals surface area contributed by atoms with Crippen LogP contribution in [0.3, 0.4) is 0 Å². The Morgan fingerprint density at radius 3 is 2.47 bits per heavy atom. The Labute approximate surface area is 112 Å². The molecule has 0 aliphatic rings. The fourth-order valence-corrected chi connectivity index (χ4v) is 1.80. The van der Waals surface area contributed by atoms with Gasteiger partial charge in [-0.15, -0.1) is 0 Å². The van der Waals surface area contributed by atoms with Gasteiger partial charge in [-0.25, -0.2) is 0 Å². The lowest BCUT2D eigenvalue weighted by Gasteiger charge is -2.06. The zero-order valence-electron chi connectivity index (χ0n) is 10.5. The van der Waals surface area contributed by atoms with E-state index in [1.54, 1.807) is 24.3 Å². The molecule has 1 amide bonds. The Hall–Kier alpha value is -2.60. The Kier molecular flexibility index (Phi) is 4.30. The van der Waals surface area contributed by atoms with Gasteiger partial charge < -0.3 is 5.32 Å². The second kappa shape index (κ2) is 6.36. The van der Waals surface area contributed by atoms with Crippen LogP contribution in [-0.4, -0.2) is 5.91 Å². The quantitative estimate of drug-likeness (QED) is 0.906. The molecule has 3 nitrogen and oxygen atoms in total. The summed E-state index contributed by atoms with van der Waals surface area (Å²) < 4.78 is 0. The number of hydrogen-bond donors (Lipinski definition) is 1. The summed E-state index contributed by atoms with van der Waals surface area (Å²) in [7, 11) is 0. The van der Waals surface area contributed by atoms with Crippen molar-refractivity contribution in [3.05, 3.63) is 65.7 Å². The molecule has 0 bridgehead atoms. The summed E-state index contributed by atoms with van der Waals surface area (Å²) in [6.45, 7) is 0. The maximum absolute atomic E-state index is 11.8. The van der Waals surface area contributed by atoms with Crippen LogP contribution in [0.25, 0.3) is 0 Å². The first-order valence-corrected chi connectivity index (χ1v) is 6.12. The fourth-order valence-electron chi connectivity index (χ4n) is 1.80.